The quantitative estimate of drug-likeness (QED) is 0.783. The number of nitrogens with one attached hydrogen (secondary N) is 1. The fourth-order valence-electron chi connectivity index (χ4n) is 2.15. The van der Waals surface area contributed by atoms with Crippen LogP contribution in [0.3, 0.4) is 0 Å². The van der Waals surface area contributed by atoms with Gasteiger partial charge in [-0.25, -0.2) is 4.79 Å². The minimum atomic E-state index is -1.02. The first-order valence-corrected chi connectivity index (χ1v) is 7.00. The number of hydrogen-bond donors (Lipinski definition) is 1. The van der Waals surface area contributed by atoms with E-state index in [9.17, 15) is 9.59 Å². The van der Waals surface area contributed by atoms with Crippen molar-refractivity contribution >= 4 is 11.9 Å². The lowest BCUT2D eigenvalue weighted by atomic mass is 9.96. The minimum Gasteiger partial charge on any atom is -0.484 e. The van der Waals surface area contributed by atoms with Crippen LogP contribution in [-0.2, 0) is 14.3 Å². The number of methoxy groups -OCH3 is 1. The Morgan fingerprint density at radius 2 is 1.95 bits per heavy atom. The number of carbonyl (C=O) groups excluding carboxylic acids is 2. The number of amides is 1. The largest absolute Gasteiger partial charge is 0.484 e. The van der Waals surface area contributed by atoms with Crippen molar-refractivity contribution in [1.82, 2.24) is 5.32 Å². The van der Waals surface area contributed by atoms with Gasteiger partial charge in [-0.05, 0) is 31.9 Å². The van der Waals surface area contributed by atoms with Gasteiger partial charge in [-0.1, -0.05) is 31.5 Å². The summed E-state index contributed by atoms with van der Waals surface area (Å²) in [7, 11) is 1.31. The smallest absolute Gasteiger partial charge is 0.331 e. The van der Waals surface area contributed by atoms with Gasteiger partial charge in [0.25, 0.3) is 5.91 Å². The predicted molar refractivity (Wildman–Crippen MR) is 80.1 cm³/mol. The molecule has 0 aliphatic carbocycles. The highest BCUT2D eigenvalue weighted by Gasteiger charge is 2.35. The molecule has 21 heavy (non-hydrogen) atoms. The number of carbonyl (C=O) groups is 2. The van der Waals surface area contributed by atoms with Crippen LogP contribution in [0.15, 0.2) is 24.3 Å². The third-order valence-electron chi connectivity index (χ3n) is 3.25. The Labute approximate surface area is 125 Å². The molecule has 0 saturated carbocycles. The van der Waals surface area contributed by atoms with Crippen molar-refractivity contribution in [3.63, 3.8) is 0 Å². The van der Waals surface area contributed by atoms with Crippen LogP contribution in [0.5, 0.6) is 5.75 Å². The van der Waals surface area contributed by atoms with Crippen LogP contribution in [-0.4, -0.2) is 31.1 Å². The van der Waals surface area contributed by atoms with Gasteiger partial charge in [0.2, 0.25) is 0 Å². The standard InChI is InChI=1S/C16H23NO4/c1-5-10-16(3,15(19)20-4)17-14(18)11-21-13-9-7-6-8-12(13)2/h6-9H,5,10-11H2,1-4H3,(H,17,18). The van der Waals surface area contributed by atoms with Gasteiger partial charge in [-0.3, -0.25) is 4.79 Å². The molecule has 0 fully saturated rings. The second kappa shape index (κ2) is 7.67. The summed E-state index contributed by atoms with van der Waals surface area (Å²) in [5.41, 5.74) is -0.0649. The number of para-hydroxylation sites is 1. The van der Waals surface area contributed by atoms with E-state index in [0.29, 0.717) is 12.2 Å². The lowest BCUT2D eigenvalue weighted by Gasteiger charge is -2.27. The van der Waals surface area contributed by atoms with Gasteiger partial charge in [0.1, 0.15) is 11.3 Å². The second-order valence-corrected chi connectivity index (χ2v) is 5.18. The zero-order valence-electron chi connectivity index (χ0n) is 13.1. The van der Waals surface area contributed by atoms with Crippen molar-refractivity contribution in [2.75, 3.05) is 13.7 Å². The molecule has 0 bridgehead atoms. The van der Waals surface area contributed by atoms with Crippen LogP contribution in [0.25, 0.3) is 0 Å². The summed E-state index contributed by atoms with van der Waals surface area (Å²) in [5, 5.41) is 2.70. The highest BCUT2D eigenvalue weighted by molar-refractivity contribution is 5.88. The first-order valence-electron chi connectivity index (χ1n) is 7.00. The molecular weight excluding hydrogens is 270 g/mol. The number of ether oxygens (including phenoxy) is 2. The molecule has 0 aliphatic rings. The first kappa shape index (κ1) is 17.0. The summed E-state index contributed by atoms with van der Waals surface area (Å²) in [6.07, 6.45) is 1.26. The summed E-state index contributed by atoms with van der Waals surface area (Å²) in [4.78, 5) is 23.8. The lowest BCUT2D eigenvalue weighted by Crippen LogP contribution is -2.53. The molecule has 0 spiro atoms. The van der Waals surface area contributed by atoms with Crippen molar-refractivity contribution in [2.45, 2.75) is 39.2 Å². The van der Waals surface area contributed by atoms with Crippen LogP contribution < -0.4 is 10.1 Å². The molecule has 1 rings (SSSR count). The van der Waals surface area contributed by atoms with E-state index in [1.165, 1.54) is 7.11 Å². The van der Waals surface area contributed by atoms with Crippen molar-refractivity contribution in [3.05, 3.63) is 29.8 Å². The zero-order chi connectivity index (χ0) is 15.9. The van der Waals surface area contributed by atoms with Crippen molar-refractivity contribution < 1.29 is 19.1 Å². The van der Waals surface area contributed by atoms with Gasteiger partial charge < -0.3 is 14.8 Å². The molecule has 1 aromatic rings. The van der Waals surface area contributed by atoms with Crippen LogP contribution in [0.1, 0.15) is 32.3 Å². The molecule has 1 aromatic carbocycles. The molecule has 5 nitrogen and oxygen atoms in total. The number of rotatable bonds is 7. The van der Waals surface area contributed by atoms with Crippen molar-refractivity contribution in [3.8, 4) is 5.75 Å². The Morgan fingerprint density at radius 1 is 1.29 bits per heavy atom. The third-order valence-corrected chi connectivity index (χ3v) is 3.25. The van der Waals surface area contributed by atoms with Crippen molar-refractivity contribution in [2.24, 2.45) is 0 Å². The van der Waals surface area contributed by atoms with Crippen LogP contribution in [0.4, 0.5) is 0 Å². The van der Waals surface area contributed by atoms with E-state index in [4.69, 9.17) is 9.47 Å². The summed E-state index contributed by atoms with van der Waals surface area (Å²) in [5.74, 6) is -0.142. The van der Waals surface area contributed by atoms with Gasteiger partial charge in [0, 0.05) is 0 Å². The third kappa shape index (κ3) is 4.77. The predicted octanol–water partition coefficient (Wildman–Crippen LogP) is 2.22. The average Bonchev–Trinajstić information content (AvgIpc) is 2.45. The molecule has 116 valence electrons. The number of hydrogen-bond acceptors (Lipinski definition) is 4. The first-order chi connectivity index (χ1) is 9.92. The average molecular weight is 293 g/mol. The van der Waals surface area contributed by atoms with E-state index in [1.807, 2.05) is 32.0 Å². The van der Waals surface area contributed by atoms with Gasteiger partial charge in [-0.2, -0.15) is 0 Å². The summed E-state index contributed by atoms with van der Waals surface area (Å²) in [6.45, 7) is 5.37. The molecule has 1 unspecified atom stereocenters. The summed E-state index contributed by atoms with van der Waals surface area (Å²) >= 11 is 0. The SMILES string of the molecule is CCCC(C)(NC(=O)COc1ccccc1C)C(=O)OC. The fourth-order valence-corrected chi connectivity index (χ4v) is 2.15. The maximum atomic E-state index is 12.0. The molecule has 0 heterocycles. The minimum absolute atomic E-state index is 0.138. The second-order valence-electron chi connectivity index (χ2n) is 5.18. The molecule has 0 radical (unpaired) electrons. The molecule has 5 heteroatoms. The summed E-state index contributed by atoms with van der Waals surface area (Å²) < 4.78 is 10.2. The van der Waals surface area contributed by atoms with E-state index in [1.54, 1.807) is 13.0 Å². The highest BCUT2D eigenvalue weighted by atomic mass is 16.5. The maximum absolute atomic E-state index is 12.0. The number of aryl methyl sites for hydroxylation is 1. The fraction of sp³-hybridized carbons (Fsp3) is 0.500. The monoisotopic (exact) mass is 293 g/mol. The van der Waals surface area contributed by atoms with E-state index in [-0.39, 0.29) is 12.5 Å². The summed E-state index contributed by atoms with van der Waals surface area (Å²) in [6, 6.07) is 7.45. The molecule has 1 N–H and O–H groups in total. The molecule has 1 amide bonds. The Hall–Kier alpha value is -2.04. The Morgan fingerprint density at radius 3 is 2.52 bits per heavy atom. The topological polar surface area (TPSA) is 64.6 Å². The van der Waals surface area contributed by atoms with Crippen LogP contribution in [0.2, 0.25) is 0 Å². The van der Waals surface area contributed by atoms with Crippen molar-refractivity contribution in [1.29, 1.82) is 0 Å². The molecule has 1 atom stereocenters. The zero-order valence-corrected chi connectivity index (χ0v) is 13.1. The molecule has 0 aromatic heterocycles. The van der Waals surface area contributed by atoms with Crippen LogP contribution >= 0.6 is 0 Å². The van der Waals surface area contributed by atoms with Crippen LogP contribution in [0, 0.1) is 6.92 Å². The molecular formula is C16H23NO4. The van der Waals surface area contributed by atoms with Gasteiger partial charge >= 0.3 is 5.97 Å². The van der Waals surface area contributed by atoms with Gasteiger partial charge in [0.15, 0.2) is 6.61 Å². The normalized spacial score (nSPS) is 13.1. The van der Waals surface area contributed by atoms with E-state index >= 15 is 0 Å². The Kier molecular flexibility index (Phi) is 6.21. The number of esters is 1. The lowest BCUT2D eigenvalue weighted by molar-refractivity contribution is -0.150. The molecule has 0 saturated heterocycles. The Balaban J connectivity index is 2.63. The van der Waals surface area contributed by atoms with Gasteiger partial charge in [-0.15, -0.1) is 0 Å². The maximum Gasteiger partial charge on any atom is 0.331 e. The highest BCUT2D eigenvalue weighted by Crippen LogP contribution is 2.17. The Bertz CT molecular complexity index is 501. The van der Waals surface area contributed by atoms with E-state index in [0.717, 1.165) is 12.0 Å². The van der Waals surface area contributed by atoms with E-state index < -0.39 is 11.5 Å². The van der Waals surface area contributed by atoms with Gasteiger partial charge in [0.05, 0.1) is 7.11 Å². The number of benzene rings is 1. The molecule has 0 aliphatic heterocycles. The van der Waals surface area contributed by atoms with E-state index in [2.05, 4.69) is 5.32 Å².